The summed E-state index contributed by atoms with van der Waals surface area (Å²) in [6, 6.07) is 0.627. The second kappa shape index (κ2) is 6.25. The molecule has 0 N–H and O–H groups in total. The molecule has 1 fully saturated rings. The molecule has 2 unspecified atom stereocenters. The van der Waals surface area contributed by atoms with Crippen LogP contribution in [-0.4, -0.2) is 30.1 Å². The number of hydrogen-bond acceptors (Lipinski definition) is 1. The molecule has 0 saturated carbocycles. The van der Waals surface area contributed by atoms with Crippen LogP contribution in [-0.2, 0) is 0 Å². The summed E-state index contributed by atoms with van der Waals surface area (Å²) in [5.74, 6) is 1.33. The average Bonchev–Trinajstić information content (AvgIpc) is 2.26. The molecule has 1 aliphatic rings. The van der Waals surface area contributed by atoms with Gasteiger partial charge in [0.2, 0.25) is 0 Å². The summed E-state index contributed by atoms with van der Waals surface area (Å²) >= 11 is 0. The molecule has 2 heteroatoms. The van der Waals surface area contributed by atoms with Gasteiger partial charge in [0.25, 0.3) is 0 Å². The van der Waals surface area contributed by atoms with Gasteiger partial charge in [-0.25, -0.2) is 0 Å². The zero-order valence-corrected chi connectivity index (χ0v) is 12.2. The predicted octanol–water partition coefficient (Wildman–Crippen LogP) is 3.29. The Morgan fingerprint density at radius 3 is 2.35 bits per heavy atom. The van der Waals surface area contributed by atoms with Crippen LogP contribution < -0.4 is 0 Å². The molecule has 1 heterocycles. The standard InChI is InChI=1S/C15H26BN/c1-7-9-10-14(12(5)8-2)15-16-13(6)17(15)11(3)4/h7-11,13,15-16H,1-6H3/b9-7-,12-8-,14-10+. The Hall–Kier alpha value is -0.755. The molecular formula is C15H26BN. The van der Waals surface area contributed by atoms with Crippen LogP contribution in [0.3, 0.4) is 0 Å². The summed E-state index contributed by atoms with van der Waals surface area (Å²) in [7, 11) is 1.28. The van der Waals surface area contributed by atoms with Gasteiger partial charge in [-0.1, -0.05) is 36.8 Å². The van der Waals surface area contributed by atoms with Crippen molar-refractivity contribution in [1.29, 1.82) is 0 Å². The molecular weight excluding hydrogens is 205 g/mol. The lowest BCUT2D eigenvalue weighted by Gasteiger charge is -2.50. The molecule has 0 aromatic rings. The van der Waals surface area contributed by atoms with E-state index in [-0.39, 0.29) is 0 Å². The zero-order valence-electron chi connectivity index (χ0n) is 12.2. The van der Waals surface area contributed by atoms with Crippen molar-refractivity contribution in [2.75, 3.05) is 0 Å². The maximum absolute atomic E-state index is 2.61. The van der Waals surface area contributed by atoms with E-state index >= 15 is 0 Å². The summed E-state index contributed by atoms with van der Waals surface area (Å²) in [6.45, 7) is 13.3. The predicted molar refractivity (Wildman–Crippen MR) is 79.7 cm³/mol. The van der Waals surface area contributed by atoms with Gasteiger partial charge in [-0.3, -0.25) is 0 Å². The van der Waals surface area contributed by atoms with E-state index in [1.165, 1.54) is 18.4 Å². The first kappa shape index (κ1) is 14.3. The minimum atomic E-state index is 0.609. The van der Waals surface area contributed by atoms with Crippen molar-refractivity contribution in [3.63, 3.8) is 0 Å². The topological polar surface area (TPSA) is 3.24 Å². The molecule has 0 radical (unpaired) electrons. The first-order valence-corrected chi connectivity index (χ1v) is 6.76. The minimum absolute atomic E-state index is 0.609. The van der Waals surface area contributed by atoms with Gasteiger partial charge >= 0.3 is 0 Å². The lowest BCUT2D eigenvalue weighted by molar-refractivity contribution is 0.161. The monoisotopic (exact) mass is 231 g/mol. The molecule has 0 amide bonds. The van der Waals surface area contributed by atoms with Gasteiger partial charge in [-0.2, -0.15) is 0 Å². The molecule has 1 nitrogen and oxygen atoms in total. The molecule has 0 aromatic heterocycles. The third-order valence-electron chi connectivity index (χ3n) is 3.75. The Morgan fingerprint density at radius 2 is 1.94 bits per heavy atom. The molecule has 0 bridgehead atoms. The quantitative estimate of drug-likeness (QED) is 0.530. The van der Waals surface area contributed by atoms with Crippen LogP contribution in [0.2, 0.25) is 0 Å². The van der Waals surface area contributed by atoms with Gasteiger partial charge in [0.15, 0.2) is 7.28 Å². The van der Waals surface area contributed by atoms with Crippen molar-refractivity contribution in [3.8, 4) is 0 Å². The average molecular weight is 231 g/mol. The van der Waals surface area contributed by atoms with Crippen molar-refractivity contribution in [1.82, 2.24) is 4.90 Å². The zero-order chi connectivity index (χ0) is 13.0. The maximum Gasteiger partial charge on any atom is 0.168 e. The Bertz CT molecular complexity index is 334. The molecule has 1 aliphatic heterocycles. The van der Waals surface area contributed by atoms with Crippen LogP contribution in [0, 0.1) is 0 Å². The van der Waals surface area contributed by atoms with Crippen molar-refractivity contribution in [3.05, 3.63) is 35.5 Å². The highest BCUT2D eigenvalue weighted by Crippen LogP contribution is 2.30. The summed E-state index contributed by atoms with van der Waals surface area (Å²) in [5, 5.41) is 0. The first-order chi connectivity index (χ1) is 8.02. The highest BCUT2D eigenvalue weighted by atomic mass is 15.2. The fourth-order valence-electron chi connectivity index (χ4n) is 2.76. The van der Waals surface area contributed by atoms with E-state index in [9.17, 15) is 0 Å². The molecule has 2 atom stereocenters. The number of rotatable bonds is 4. The second-order valence-corrected chi connectivity index (χ2v) is 5.26. The van der Waals surface area contributed by atoms with Crippen LogP contribution >= 0.6 is 0 Å². The van der Waals surface area contributed by atoms with Crippen LogP contribution in [0.5, 0.6) is 0 Å². The van der Waals surface area contributed by atoms with E-state index in [4.69, 9.17) is 0 Å². The fraction of sp³-hybridized carbons (Fsp3) is 0.600. The number of hydrogen-bond donors (Lipinski definition) is 0. The third-order valence-corrected chi connectivity index (χ3v) is 3.75. The van der Waals surface area contributed by atoms with E-state index < -0.39 is 0 Å². The Kier molecular flexibility index (Phi) is 5.26. The molecule has 1 saturated heterocycles. The highest BCUT2D eigenvalue weighted by Gasteiger charge is 2.40. The van der Waals surface area contributed by atoms with Gasteiger partial charge < -0.3 is 4.90 Å². The van der Waals surface area contributed by atoms with Gasteiger partial charge in [0.05, 0.1) is 0 Å². The lowest BCUT2D eigenvalue weighted by atomic mass is 9.50. The van der Waals surface area contributed by atoms with Crippen LogP contribution in [0.15, 0.2) is 35.5 Å². The van der Waals surface area contributed by atoms with Crippen LogP contribution in [0.1, 0.15) is 41.5 Å². The Morgan fingerprint density at radius 1 is 1.29 bits per heavy atom. The highest BCUT2D eigenvalue weighted by molar-refractivity contribution is 6.44. The summed E-state index contributed by atoms with van der Waals surface area (Å²) < 4.78 is 0. The molecule has 0 spiro atoms. The van der Waals surface area contributed by atoms with Crippen LogP contribution in [0.4, 0.5) is 0 Å². The van der Waals surface area contributed by atoms with Crippen LogP contribution in [0.25, 0.3) is 0 Å². The summed E-state index contributed by atoms with van der Waals surface area (Å²) in [6.07, 6.45) is 8.76. The summed E-state index contributed by atoms with van der Waals surface area (Å²) in [4.78, 5) is 2.61. The third kappa shape index (κ3) is 3.13. The van der Waals surface area contributed by atoms with Crippen molar-refractivity contribution >= 4 is 7.28 Å². The van der Waals surface area contributed by atoms with Gasteiger partial charge in [0.1, 0.15) is 0 Å². The number of allylic oxidation sites excluding steroid dienone is 4. The smallest absolute Gasteiger partial charge is 0.168 e. The minimum Gasteiger partial charge on any atom is -0.306 e. The molecule has 0 aromatic carbocycles. The molecule has 94 valence electrons. The lowest BCUT2D eigenvalue weighted by Crippen LogP contribution is -2.64. The molecule has 17 heavy (non-hydrogen) atoms. The SMILES string of the molecule is C\C=C/C=C(\C(C)=C/C)C1BC(C)N1C(C)C. The Balaban J connectivity index is 2.93. The number of nitrogens with zero attached hydrogens (tertiary/aromatic N) is 1. The van der Waals surface area contributed by atoms with Gasteiger partial charge in [-0.15, -0.1) is 0 Å². The van der Waals surface area contributed by atoms with E-state index in [2.05, 4.69) is 70.7 Å². The molecule has 0 aliphatic carbocycles. The first-order valence-electron chi connectivity index (χ1n) is 6.76. The largest absolute Gasteiger partial charge is 0.306 e. The van der Waals surface area contributed by atoms with E-state index in [1.807, 2.05) is 0 Å². The molecule has 1 rings (SSSR count). The van der Waals surface area contributed by atoms with Crippen molar-refractivity contribution in [2.45, 2.75) is 59.5 Å². The van der Waals surface area contributed by atoms with Gasteiger partial charge in [0, 0.05) is 12.0 Å². The Labute approximate surface area is 108 Å². The van der Waals surface area contributed by atoms with E-state index in [1.54, 1.807) is 0 Å². The van der Waals surface area contributed by atoms with Gasteiger partial charge in [-0.05, 0) is 46.1 Å². The second-order valence-electron chi connectivity index (χ2n) is 5.26. The van der Waals surface area contributed by atoms with E-state index in [0.717, 1.165) is 5.94 Å². The summed E-state index contributed by atoms with van der Waals surface area (Å²) in [5.41, 5.74) is 2.89. The van der Waals surface area contributed by atoms with Crippen molar-refractivity contribution in [2.24, 2.45) is 0 Å². The normalized spacial score (nSPS) is 27.5. The van der Waals surface area contributed by atoms with E-state index in [0.29, 0.717) is 12.0 Å². The van der Waals surface area contributed by atoms with Crippen molar-refractivity contribution < 1.29 is 0 Å². The fourth-order valence-corrected chi connectivity index (χ4v) is 2.76. The maximum atomic E-state index is 2.61.